The second-order valence-corrected chi connectivity index (χ2v) is 10.4. The number of nitrogens with zero attached hydrogens (tertiary/aromatic N) is 6. The number of hydrogen-bond acceptors (Lipinski definition) is 6. The molecule has 8 nitrogen and oxygen atoms in total. The van der Waals surface area contributed by atoms with Gasteiger partial charge in [0.1, 0.15) is 29.3 Å². The molecule has 0 bridgehead atoms. The lowest BCUT2D eigenvalue weighted by molar-refractivity contribution is 0.0828. The van der Waals surface area contributed by atoms with Crippen molar-refractivity contribution in [2.75, 3.05) is 39.0 Å². The molecule has 194 valence electrons. The Hall–Kier alpha value is -3.93. The Morgan fingerprint density at radius 1 is 0.921 bits per heavy atom. The number of ether oxygens (including phenoxy) is 1. The lowest BCUT2D eigenvalue weighted by atomic mass is 9.89. The van der Waals surface area contributed by atoms with Crippen LogP contribution in [0.3, 0.4) is 0 Å². The fourth-order valence-corrected chi connectivity index (χ4v) is 5.96. The predicted molar refractivity (Wildman–Crippen MR) is 151 cm³/mol. The van der Waals surface area contributed by atoms with E-state index < -0.39 is 0 Å². The molecule has 8 heteroatoms. The highest BCUT2D eigenvalue weighted by molar-refractivity contribution is 6.00. The monoisotopic (exact) mass is 507 g/mol. The number of piperazine rings is 1. The van der Waals surface area contributed by atoms with Gasteiger partial charge in [0.2, 0.25) is 5.69 Å². The van der Waals surface area contributed by atoms with Gasteiger partial charge in [-0.1, -0.05) is 30.3 Å². The van der Waals surface area contributed by atoms with Crippen LogP contribution >= 0.6 is 0 Å². The van der Waals surface area contributed by atoms with Gasteiger partial charge in [-0.05, 0) is 56.5 Å². The van der Waals surface area contributed by atoms with Gasteiger partial charge < -0.3 is 19.9 Å². The van der Waals surface area contributed by atoms with Crippen LogP contribution in [0.5, 0.6) is 11.5 Å². The maximum atomic E-state index is 7.37. The molecule has 2 aromatic carbocycles. The molecule has 1 saturated heterocycles. The first kappa shape index (κ1) is 24.4. The number of rotatable bonds is 5. The Morgan fingerprint density at radius 3 is 2.37 bits per heavy atom. The standard InChI is InChI=1S/C30H33N7O/c1-32-26-5-3-4-6-27(26)38-24-13-7-21(8-14-24)25-19-37(30-28(25)29(31)33-20-34-30)23-11-9-22(10-12-23)36-17-15-35(2)16-18-36/h3-8,13-14,19-20,22-23H,9-12,15-18H2,2H3,(H2,31,33,34). The topological polar surface area (TPSA) is 76.8 Å². The minimum Gasteiger partial charge on any atom is -0.468 e. The van der Waals surface area contributed by atoms with Crippen molar-refractivity contribution in [2.45, 2.75) is 37.8 Å². The zero-order chi connectivity index (χ0) is 26.1. The fraction of sp³-hybridized carbons (Fsp3) is 0.367. The van der Waals surface area contributed by atoms with E-state index in [1.54, 1.807) is 12.4 Å². The molecule has 0 amide bonds. The van der Waals surface area contributed by atoms with Gasteiger partial charge in [0.25, 0.3) is 0 Å². The van der Waals surface area contributed by atoms with Crippen molar-refractivity contribution in [3.05, 3.63) is 72.5 Å². The summed E-state index contributed by atoms with van der Waals surface area (Å²) in [6, 6.07) is 16.3. The number of fused-ring (bicyclic) bond motifs is 1. The molecule has 1 saturated carbocycles. The maximum Gasteiger partial charge on any atom is 0.228 e. The van der Waals surface area contributed by atoms with E-state index in [-0.39, 0.29) is 0 Å². The molecule has 2 aromatic heterocycles. The minimum absolute atomic E-state index is 0.400. The maximum absolute atomic E-state index is 7.37. The average Bonchev–Trinajstić information content (AvgIpc) is 3.35. The molecule has 3 heterocycles. The van der Waals surface area contributed by atoms with Crippen LogP contribution in [0.2, 0.25) is 0 Å². The third-order valence-corrected chi connectivity index (χ3v) is 8.13. The lowest BCUT2D eigenvalue weighted by Gasteiger charge is -2.41. The van der Waals surface area contributed by atoms with E-state index in [1.165, 1.54) is 25.9 Å². The van der Waals surface area contributed by atoms with Gasteiger partial charge in [-0.15, -0.1) is 0 Å². The number of likely N-dealkylation sites (N-methyl/N-ethyl adjacent to an activating group) is 1. The molecule has 2 aliphatic rings. The van der Waals surface area contributed by atoms with Crippen molar-refractivity contribution in [1.82, 2.24) is 24.3 Å². The average molecular weight is 508 g/mol. The van der Waals surface area contributed by atoms with E-state index in [1.807, 2.05) is 42.5 Å². The normalized spacial score (nSPS) is 20.8. The zero-order valence-electron chi connectivity index (χ0n) is 21.8. The summed E-state index contributed by atoms with van der Waals surface area (Å²) in [4.78, 5) is 17.6. The summed E-state index contributed by atoms with van der Waals surface area (Å²) in [7, 11) is 2.21. The van der Waals surface area contributed by atoms with Crippen LogP contribution < -0.4 is 10.5 Å². The molecule has 0 unspecified atom stereocenters. The van der Waals surface area contributed by atoms with Crippen LogP contribution in [0.15, 0.2) is 61.1 Å². The number of nitrogen functional groups attached to an aromatic ring is 1. The van der Waals surface area contributed by atoms with Crippen molar-refractivity contribution in [1.29, 1.82) is 0 Å². The van der Waals surface area contributed by atoms with Gasteiger partial charge in [0.05, 0.1) is 12.0 Å². The summed E-state index contributed by atoms with van der Waals surface area (Å²) in [5, 5.41) is 0.903. The van der Waals surface area contributed by atoms with Gasteiger partial charge in [0.15, 0.2) is 0 Å². The number of benzene rings is 2. The summed E-state index contributed by atoms with van der Waals surface area (Å²) in [6.45, 7) is 12.0. The lowest BCUT2D eigenvalue weighted by Crippen LogP contribution is -2.49. The number of aromatic nitrogens is 3. The van der Waals surface area contributed by atoms with Gasteiger partial charge in [-0.25, -0.2) is 14.8 Å². The first-order valence-corrected chi connectivity index (χ1v) is 13.4. The van der Waals surface area contributed by atoms with Crippen LogP contribution in [-0.4, -0.2) is 63.6 Å². The van der Waals surface area contributed by atoms with Crippen molar-refractivity contribution in [3.63, 3.8) is 0 Å². The highest BCUT2D eigenvalue weighted by atomic mass is 16.5. The van der Waals surface area contributed by atoms with Crippen LogP contribution in [0.4, 0.5) is 11.5 Å². The Bertz CT molecular complexity index is 1460. The van der Waals surface area contributed by atoms with Crippen molar-refractivity contribution in [3.8, 4) is 22.6 Å². The third-order valence-electron chi connectivity index (χ3n) is 8.13. The van der Waals surface area contributed by atoms with Crippen LogP contribution in [0.25, 0.3) is 27.0 Å². The van der Waals surface area contributed by atoms with Crippen molar-refractivity contribution < 1.29 is 4.74 Å². The summed E-state index contributed by atoms with van der Waals surface area (Å²) in [5.74, 6) is 1.73. The van der Waals surface area contributed by atoms with Crippen LogP contribution in [0.1, 0.15) is 31.7 Å². The molecule has 0 atom stereocenters. The summed E-state index contributed by atoms with van der Waals surface area (Å²) in [5.41, 5.74) is 9.87. The fourth-order valence-electron chi connectivity index (χ4n) is 5.96. The molecule has 1 aliphatic heterocycles. The molecule has 38 heavy (non-hydrogen) atoms. The second-order valence-electron chi connectivity index (χ2n) is 10.4. The van der Waals surface area contributed by atoms with E-state index in [4.69, 9.17) is 17.0 Å². The molecule has 0 spiro atoms. The Kier molecular flexibility index (Phi) is 6.71. The SMILES string of the molecule is [C-]#[N+]c1ccccc1Oc1ccc(-c2cn(C3CCC(N4CCN(C)CC4)CC3)c3ncnc(N)c23)cc1. The van der Waals surface area contributed by atoms with E-state index in [2.05, 4.69) is 42.4 Å². The number of hydrogen-bond donors (Lipinski definition) is 1. The van der Waals surface area contributed by atoms with Crippen LogP contribution in [0, 0.1) is 6.57 Å². The molecular formula is C30H33N7O. The van der Waals surface area contributed by atoms with E-state index in [0.717, 1.165) is 48.1 Å². The predicted octanol–water partition coefficient (Wildman–Crippen LogP) is 5.75. The molecule has 6 rings (SSSR count). The Morgan fingerprint density at radius 2 is 1.63 bits per heavy atom. The Balaban J connectivity index is 1.24. The summed E-state index contributed by atoms with van der Waals surface area (Å²) >= 11 is 0. The second kappa shape index (κ2) is 10.4. The van der Waals surface area contributed by atoms with Gasteiger partial charge >= 0.3 is 0 Å². The highest BCUT2D eigenvalue weighted by Gasteiger charge is 2.30. The summed E-state index contributed by atoms with van der Waals surface area (Å²) < 4.78 is 8.33. The van der Waals surface area contributed by atoms with Crippen LogP contribution in [-0.2, 0) is 0 Å². The van der Waals surface area contributed by atoms with Crippen molar-refractivity contribution >= 4 is 22.5 Å². The molecule has 0 radical (unpaired) electrons. The first-order valence-electron chi connectivity index (χ1n) is 13.4. The summed E-state index contributed by atoms with van der Waals surface area (Å²) in [6.07, 6.45) is 8.47. The van der Waals surface area contributed by atoms with Crippen molar-refractivity contribution in [2.24, 2.45) is 0 Å². The molecular weight excluding hydrogens is 474 g/mol. The number of nitrogens with two attached hydrogens (primary N) is 1. The molecule has 2 fully saturated rings. The number of para-hydroxylation sites is 2. The molecule has 1 aliphatic carbocycles. The van der Waals surface area contributed by atoms with E-state index in [0.29, 0.717) is 35.1 Å². The third kappa shape index (κ3) is 4.71. The zero-order valence-corrected chi connectivity index (χ0v) is 21.8. The quantitative estimate of drug-likeness (QED) is 0.347. The molecule has 2 N–H and O–H groups in total. The first-order chi connectivity index (χ1) is 18.6. The number of anilines is 1. The van der Waals surface area contributed by atoms with Gasteiger partial charge in [-0.2, -0.15) is 0 Å². The van der Waals surface area contributed by atoms with E-state index >= 15 is 0 Å². The van der Waals surface area contributed by atoms with E-state index in [9.17, 15) is 0 Å². The van der Waals surface area contributed by atoms with Gasteiger partial charge in [0, 0.05) is 50.0 Å². The largest absolute Gasteiger partial charge is 0.468 e. The Labute approximate surface area is 223 Å². The minimum atomic E-state index is 0.400. The highest BCUT2D eigenvalue weighted by Crippen LogP contribution is 2.40. The van der Waals surface area contributed by atoms with Gasteiger partial charge in [-0.3, -0.25) is 4.90 Å². The molecule has 4 aromatic rings. The smallest absolute Gasteiger partial charge is 0.228 e.